The average molecular weight is 244 g/mol. The van der Waals surface area contributed by atoms with E-state index in [1.807, 2.05) is 0 Å². The summed E-state index contributed by atoms with van der Waals surface area (Å²) in [5.74, 6) is -0.0428. The number of aliphatic hydroxyl groups is 1. The molecule has 3 heteroatoms. The third kappa shape index (κ3) is 13.4. The maximum atomic E-state index is 11.2. The molecule has 0 aliphatic carbocycles. The predicted molar refractivity (Wildman–Crippen MR) is 69.9 cm³/mol. The molecule has 0 aliphatic heterocycles. The Balaban J connectivity index is 3.08. The summed E-state index contributed by atoms with van der Waals surface area (Å²) in [6, 6.07) is 0. The fourth-order valence-corrected chi connectivity index (χ4v) is 1.67. The van der Waals surface area contributed by atoms with Gasteiger partial charge >= 0.3 is 5.97 Å². The summed E-state index contributed by atoms with van der Waals surface area (Å²) in [4.78, 5) is 11.2. The van der Waals surface area contributed by atoms with Crippen molar-refractivity contribution in [2.24, 2.45) is 0 Å². The van der Waals surface area contributed by atoms with E-state index in [9.17, 15) is 4.79 Å². The fraction of sp³-hybridized carbons (Fsp3) is 0.929. The summed E-state index contributed by atoms with van der Waals surface area (Å²) in [7, 11) is 0. The quantitative estimate of drug-likeness (QED) is 0.422. The standard InChI is InChI=1S/C14H28O3/c1-2-3-13-17-14(16)11-9-7-5-4-6-8-10-12-15/h15H,2-13H2,1H3. The van der Waals surface area contributed by atoms with Gasteiger partial charge in [-0.25, -0.2) is 0 Å². The topological polar surface area (TPSA) is 46.5 Å². The van der Waals surface area contributed by atoms with Crippen LogP contribution in [0, 0.1) is 0 Å². The molecule has 1 N–H and O–H groups in total. The lowest BCUT2D eigenvalue weighted by atomic mass is 10.1. The molecule has 0 spiro atoms. The molecule has 0 aromatic heterocycles. The smallest absolute Gasteiger partial charge is 0.305 e. The Labute approximate surface area is 106 Å². The molecule has 3 nitrogen and oxygen atoms in total. The lowest BCUT2D eigenvalue weighted by molar-refractivity contribution is -0.143. The zero-order valence-corrected chi connectivity index (χ0v) is 11.2. The Kier molecular flexibility index (Phi) is 13.0. The van der Waals surface area contributed by atoms with Gasteiger partial charge in [0, 0.05) is 13.0 Å². The van der Waals surface area contributed by atoms with Gasteiger partial charge in [-0.1, -0.05) is 45.4 Å². The number of hydrogen-bond donors (Lipinski definition) is 1. The van der Waals surface area contributed by atoms with Crippen LogP contribution >= 0.6 is 0 Å². The van der Waals surface area contributed by atoms with Crippen LogP contribution in [0.15, 0.2) is 0 Å². The average Bonchev–Trinajstić information content (AvgIpc) is 2.33. The molecular weight excluding hydrogens is 216 g/mol. The van der Waals surface area contributed by atoms with E-state index in [-0.39, 0.29) is 5.97 Å². The minimum Gasteiger partial charge on any atom is -0.466 e. The normalized spacial score (nSPS) is 10.5. The molecule has 0 saturated carbocycles. The van der Waals surface area contributed by atoms with Gasteiger partial charge in [0.1, 0.15) is 0 Å². The highest BCUT2D eigenvalue weighted by Gasteiger charge is 2.01. The molecule has 0 radical (unpaired) electrons. The predicted octanol–water partition coefficient (Wildman–Crippen LogP) is 3.44. The van der Waals surface area contributed by atoms with Crippen molar-refractivity contribution >= 4 is 5.97 Å². The molecule has 0 amide bonds. The summed E-state index contributed by atoms with van der Waals surface area (Å²) < 4.78 is 5.08. The second-order valence-corrected chi connectivity index (χ2v) is 4.52. The molecule has 0 aromatic carbocycles. The molecule has 0 atom stereocenters. The van der Waals surface area contributed by atoms with Gasteiger partial charge in [0.05, 0.1) is 6.61 Å². The number of carbonyl (C=O) groups is 1. The van der Waals surface area contributed by atoms with E-state index >= 15 is 0 Å². The maximum absolute atomic E-state index is 11.2. The van der Waals surface area contributed by atoms with Gasteiger partial charge in [0.15, 0.2) is 0 Å². The highest BCUT2D eigenvalue weighted by molar-refractivity contribution is 5.69. The van der Waals surface area contributed by atoms with Crippen molar-refractivity contribution in [3.63, 3.8) is 0 Å². The van der Waals surface area contributed by atoms with E-state index in [0.29, 0.717) is 19.6 Å². The maximum Gasteiger partial charge on any atom is 0.305 e. The number of hydrogen-bond acceptors (Lipinski definition) is 3. The molecule has 0 unspecified atom stereocenters. The van der Waals surface area contributed by atoms with Gasteiger partial charge in [-0.05, 0) is 19.3 Å². The van der Waals surface area contributed by atoms with Gasteiger partial charge in [-0.2, -0.15) is 0 Å². The summed E-state index contributed by atoms with van der Waals surface area (Å²) in [5.41, 5.74) is 0. The van der Waals surface area contributed by atoms with Crippen molar-refractivity contribution in [2.45, 2.75) is 71.1 Å². The Bertz CT molecular complexity index is 169. The van der Waals surface area contributed by atoms with Gasteiger partial charge in [-0.15, -0.1) is 0 Å². The van der Waals surface area contributed by atoms with Crippen molar-refractivity contribution in [3.8, 4) is 0 Å². The first kappa shape index (κ1) is 16.4. The van der Waals surface area contributed by atoms with Crippen molar-refractivity contribution in [3.05, 3.63) is 0 Å². The van der Waals surface area contributed by atoms with E-state index in [0.717, 1.165) is 38.5 Å². The largest absolute Gasteiger partial charge is 0.466 e. The molecule has 0 heterocycles. The van der Waals surface area contributed by atoms with Crippen LogP contribution in [0.1, 0.15) is 71.1 Å². The molecule has 0 aliphatic rings. The fourth-order valence-electron chi connectivity index (χ4n) is 1.67. The van der Waals surface area contributed by atoms with Crippen molar-refractivity contribution in [2.75, 3.05) is 13.2 Å². The van der Waals surface area contributed by atoms with Crippen LogP contribution in [0.4, 0.5) is 0 Å². The highest BCUT2D eigenvalue weighted by atomic mass is 16.5. The summed E-state index contributed by atoms with van der Waals surface area (Å²) in [6.07, 6.45) is 10.3. The lowest BCUT2D eigenvalue weighted by Crippen LogP contribution is -2.05. The lowest BCUT2D eigenvalue weighted by Gasteiger charge is -2.03. The molecule has 0 fully saturated rings. The van der Waals surface area contributed by atoms with Crippen LogP contribution in [-0.4, -0.2) is 24.3 Å². The molecular formula is C14H28O3. The van der Waals surface area contributed by atoms with Crippen LogP contribution in [0.2, 0.25) is 0 Å². The number of rotatable bonds is 12. The first-order chi connectivity index (χ1) is 8.31. The van der Waals surface area contributed by atoms with Crippen molar-refractivity contribution < 1.29 is 14.6 Å². The number of carbonyl (C=O) groups excluding carboxylic acids is 1. The van der Waals surface area contributed by atoms with E-state index in [2.05, 4.69) is 6.92 Å². The number of aliphatic hydroxyl groups excluding tert-OH is 1. The molecule has 0 rings (SSSR count). The summed E-state index contributed by atoms with van der Waals surface area (Å²) in [5, 5.41) is 8.61. The SMILES string of the molecule is CCCCOC(=O)CCCCCCCCCO. The van der Waals surface area contributed by atoms with Crippen molar-refractivity contribution in [1.29, 1.82) is 0 Å². The Morgan fingerprint density at radius 1 is 0.941 bits per heavy atom. The summed E-state index contributed by atoms with van der Waals surface area (Å²) >= 11 is 0. The van der Waals surface area contributed by atoms with E-state index in [4.69, 9.17) is 9.84 Å². The molecule has 102 valence electrons. The highest BCUT2D eigenvalue weighted by Crippen LogP contribution is 2.08. The zero-order valence-electron chi connectivity index (χ0n) is 11.2. The van der Waals surface area contributed by atoms with E-state index in [1.165, 1.54) is 19.3 Å². The van der Waals surface area contributed by atoms with Gasteiger partial charge in [0.25, 0.3) is 0 Å². The number of esters is 1. The van der Waals surface area contributed by atoms with Crippen molar-refractivity contribution in [1.82, 2.24) is 0 Å². The number of unbranched alkanes of at least 4 members (excludes halogenated alkanes) is 7. The van der Waals surface area contributed by atoms with Crippen LogP contribution in [0.3, 0.4) is 0 Å². The van der Waals surface area contributed by atoms with Gasteiger partial charge in [-0.3, -0.25) is 4.79 Å². The first-order valence-electron chi connectivity index (χ1n) is 7.07. The molecule has 0 bridgehead atoms. The van der Waals surface area contributed by atoms with Crippen LogP contribution < -0.4 is 0 Å². The van der Waals surface area contributed by atoms with Crippen LogP contribution in [-0.2, 0) is 9.53 Å². The minimum atomic E-state index is -0.0428. The third-order valence-electron chi connectivity index (χ3n) is 2.80. The molecule has 0 aromatic rings. The first-order valence-corrected chi connectivity index (χ1v) is 7.07. The second-order valence-electron chi connectivity index (χ2n) is 4.52. The molecule has 0 saturated heterocycles. The number of ether oxygens (including phenoxy) is 1. The Morgan fingerprint density at radius 3 is 2.12 bits per heavy atom. The Hall–Kier alpha value is -0.570. The minimum absolute atomic E-state index is 0.0428. The van der Waals surface area contributed by atoms with Gasteiger partial charge < -0.3 is 9.84 Å². The monoisotopic (exact) mass is 244 g/mol. The van der Waals surface area contributed by atoms with Crippen LogP contribution in [0.5, 0.6) is 0 Å². The summed E-state index contributed by atoms with van der Waals surface area (Å²) in [6.45, 7) is 2.98. The third-order valence-corrected chi connectivity index (χ3v) is 2.80. The zero-order chi connectivity index (χ0) is 12.8. The van der Waals surface area contributed by atoms with E-state index < -0.39 is 0 Å². The molecule has 17 heavy (non-hydrogen) atoms. The van der Waals surface area contributed by atoms with Crippen LogP contribution in [0.25, 0.3) is 0 Å². The Morgan fingerprint density at radius 2 is 1.53 bits per heavy atom. The van der Waals surface area contributed by atoms with Gasteiger partial charge in [0.2, 0.25) is 0 Å². The second kappa shape index (κ2) is 13.5. The van der Waals surface area contributed by atoms with E-state index in [1.54, 1.807) is 0 Å².